The third-order valence-electron chi connectivity index (χ3n) is 5.12. The Bertz CT molecular complexity index is 881. The van der Waals surface area contributed by atoms with Crippen molar-refractivity contribution in [2.45, 2.75) is 5.79 Å². The minimum Gasteiger partial charge on any atom is -0.440 e. The van der Waals surface area contributed by atoms with Gasteiger partial charge in [0.1, 0.15) is 0 Å². The fourth-order valence-electron chi connectivity index (χ4n) is 3.73. The van der Waals surface area contributed by atoms with Gasteiger partial charge in [0.25, 0.3) is 0 Å². The van der Waals surface area contributed by atoms with E-state index in [9.17, 15) is 0 Å². The number of nitrogens with zero attached hydrogens (tertiary/aromatic N) is 1. The molecule has 3 aromatic rings. The molecule has 0 unspecified atom stereocenters. The zero-order valence-electron chi connectivity index (χ0n) is 15.0. The molecule has 0 aliphatic carbocycles. The first-order valence-corrected chi connectivity index (χ1v) is 9.31. The zero-order chi connectivity index (χ0) is 18.1. The molecule has 0 spiro atoms. The summed E-state index contributed by atoms with van der Waals surface area (Å²) >= 11 is 0. The van der Waals surface area contributed by atoms with Crippen LogP contribution in [0, 0.1) is 0 Å². The summed E-state index contributed by atoms with van der Waals surface area (Å²) in [6.45, 7) is 3.29. The number of hydrogen-bond acceptors (Lipinski definition) is 4. The molecule has 1 fully saturated rings. The van der Waals surface area contributed by atoms with Crippen LogP contribution in [0.15, 0.2) is 78.9 Å². The Morgan fingerprint density at radius 1 is 0.667 bits per heavy atom. The summed E-state index contributed by atoms with van der Waals surface area (Å²) in [6.07, 6.45) is 0. The van der Waals surface area contributed by atoms with Crippen molar-refractivity contribution in [1.29, 1.82) is 0 Å². The van der Waals surface area contributed by atoms with Crippen LogP contribution in [0.2, 0.25) is 0 Å². The number of anilines is 1. The van der Waals surface area contributed by atoms with Crippen LogP contribution in [-0.2, 0) is 10.5 Å². The molecule has 3 aromatic carbocycles. The lowest BCUT2D eigenvalue weighted by atomic mass is 9.97. The molecule has 0 N–H and O–H groups in total. The molecule has 0 atom stereocenters. The van der Waals surface area contributed by atoms with Gasteiger partial charge in [-0.2, -0.15) is 0 Å². The van der Waals surface area contributed by atoms with Gasteiger partial charge < -0.3 is 19.1 Å². The lowest BCUT2D eigenvalue weighted by molar-refractivity contribution is -0.0459. The molecular formula is C23H21NO3. The van der Waals surface area contributed by atoms with E-state index in [2.05, 4.69) is 17.0 Å². The molecule has 5 rings (SSSR count). The van der Waals surface area contributed by atoms with E-state index in [1.807, 2.05) is 66.7 Å². The molecular weight excluding hydrogens is 338 g/mol. The largest absolute Gasteiger partial charge is 0.440 e. The Morgan fingerprint density at radius 3 is 1.89 bits per heavy atom. The quantitative estimate of drug-likeness (QED) is 0.701. The minimum absolute atomic E-state index is 0.756. The van der Waals surface area contributed by atoms with Gasteiger partial charge in [-0.1, -0.05) is 60.7 Å². The predicted octanol–water partition coefficient (Wildman–Crippen LogP) is 4.20. The summed E-state index contributed by atoms with van der Waals surface area (Å²) in [5, 5.41) is 0. The number of ether oxygens (including phenoxy) is 3. The molecule has 0 saturated carbocycles. The highest BCUT2D eigenvalue weighted by molar-refractivity contribution is 5.59. The van der Waals surface area contributed by atoms with Crippen LogP contribution >= 0.6 is 0 Å². The zero-order valence-corrected chi connectivity index (χ0v) is 15.0. The maximum absolute atomic E-state index is 6.52. The first-order valence-electron chi connectivity index (χ1n) is 9.31. The van der Waals surface area contributed by atoms with E-state index in [4.69, 9.17) is 14.2 Å². The van der Waals surface area contributed by atoms with Gasteiger partial charge in [-0.05, 0) is 12.1 Å². The van der Waals surface area contributed by atoms with Gasteiger partial charge >= 0.3 is 5.79 Å². The van der Waals surface area contributed by atoms with Gasteiger partial charge in [-0.3, -0.25) is 0 Å². The Morgan fingerprint density at radius 2 is 1.26 bits per heavy atom. The summed E-state index contributed by atoms with van der Waals surface area (Å²) in [6, 6.07) is 26.4. The molecule has 0 radical (unpaired) electrons. The highest BCUT2D eigenvalue weighted by atomic mass is 16.7. The van der Waals surface area contributed by atoms with E-state index in [1.165, 1.54) is 0 Å². The summed E-state index contributed by atoms with van der Waals surface area (Å²) in [7, 11) is 0. The van der Waals surface area contributed by atoms with E-state index < -0.39 is 5.79 Å². The van der Waals surface area contributed by atoms with E-state index in [0.717, 1.165) is 54.6 Å². The number of rotatable bonds is 3. The standard InChI is InChI=1S/C23H21NO3/c1-3-7-18(8-4-1)23(19-9-5-2-6-10-19)26-21-12-11-20(17-22(21)27-23)24-13-15-25-16-14-24/h1-12,17H,13-16H2. The normalized spacial score (nSPS) is 17.7. The van der Waals surface area contributed by atoms with Crippen molar-refractivity contribution in [3.63, 3.8) is 0 Å². The van der Waals surface area contributed by atoms with Crippen LogP contribution in [0.5, 0.6) is 11.5 Å². The van der Waals surface area contributed by atoms with Gasteiger partial charge in [-0.25, -0.2) is 0 Å². The van der Waals surface area contributed by atoms with E-state index in [0.29, 0.717) is 0 Å². The highest BCUT2D eigenvalue weighted by Gasteiger charge is 2.45. The SMILES string of the molecule is c1ccc(C2(c3ccccc3)Oc3ccc(N4CCOCC4)cc3O2)cc1. The van der Waals surface area contributed by atoms with Crippen LogP contribution in [0.25, 0.3) is 0 Å². The first-order chi connectivity index (χ1) is 13.4. The summed E-state index contributed by atoms with van der Waals surface area (Å²) in [4.78, 5) is 2.32. The van der Waals surface area contributed by atoms with E-state index in [1.54, 1.807) is 0 Å². The molecule has 2 aliphatic rings. The second-order valence-electron chi connectivity index (χ2n) is 6.78. The van der Waals surface area contributed by atoms with Gasteiger partial charge in [0, 0.05) is 36.0 Å². The lowest BCUT2D eigenvalue weighted by Crippen LogP contribution is -2.36. The maximum atomic E-state index is 6.52. The minimum atomic E-state index is -0.964. The number of morpholine rings is 1. The Hall–Kier alpha value is -2.98. The molecule has 0 bridgehead atoms. The van der Waals surface area contributed by atoms with Crippen molar-refractivity contribution in [1.82, 2.24) is 0 Å². The van der Waals surface area contributed by atoms with Crippen molar-refractivity contribution in [2.75, 3.05) is 31.2 Å². The second-order valence-corrected chi connectivity index (χ2v) is 6.78. The van der Waals surface area contributed by atoms with Crippen molar-refractivity contribution >= 4 is 5.69 Å². The maximum Gasteiger partial charge on any atom is 0.305 e. The fraction of sp³-hybridized carbons (Fsp3) is 0.217. The molecule has 1 saturated heterocycles. The monoisotopic (exact) mass is 359 g/mol. The lowest BCUT2D eigenvalue weighted by Gasteiger charge is -2.29. The second kappa shape index (κ2) is 6.63. The Balaban J connectivity index is 1.56. The highest BCUT2D eigenvalue weighted by Crippen LogP contribution is 2.48. The van der Waals surface area contributed by atoms with Gasteiger partial charge in [0.2, 0.25) is 0 Å². The van der Waals surface area contributed by atoms with Gasteiger partial charge in [0.05, 0.1) is 13.2 Å². The molecule has 2 aliphatic heterocycles. The van der Waals surface area contributed by atoms with Crippen LogP contribution < -0.4 is 14.4 Å². The molecule has 2 heterocycles. The van der Waals surface area contributed by atoms with Crippen molar-refractivity contribution < 1.29 is 14.2 Å². The predicted molar refractivity (Wildman–Crippen MR) is 104 cm³/mol. The third kappa shape index (κ3) is 2.82. The van der Waals surface area contributed by atoms with Crippen molar-refractivity contribution in [2.24, 2.45) is 0 Å². The van der Waals surface area contributed by atoms with Gasteiger partial charge in [-0.15, -0.1) is 0 Å². The Labute approximate surface area is 158 Å². The van der Waals surface area contributed by atoms with Crippen LogP contribution in [-0.4, -0.2) is 26.3 Å². The van der Waals surface area contributed by atoms with Crippen LogP contribution in [0.3, 0.4) is 0 Å². The number of benzene rings is 3. The topological polar surface area (TPSA) is 30.9 Å². The molecule has 27 heavy (non-hydrogen) atoms. The number of fused-ring (bicyclic) bond motifs is 1. The smallest absolute Gasteiger partial charge is 0.305 e. The molecule has 136 valence electrons. The van der Waals surface area contributed by atoms with Crippen LogP contribution in [0.1, 0.15) is 11.1 Å². The molecule has 4 heteroatoms. The van der Waals surface area contributed by atoms with Crippen LogP contribution in [0.4, 0.5) is 5.69 Å². The van der Waals surface area contributed by atoms with Gasteiger partial charge in [0.15, 0.2) is 11.5 Å². The third-order valence-corrected chi connectivity index (χ3v) is 5.12. The average molecular weight is 359 g/mol. The average Bonchev–Trinajstić information content (AvgIpc) is 3.16. The molecule has 0 amide bonds. The van der Waals surface area contributed by atoms with Crippen molar-refractivity contribution in [3.05, 3.63) is 90.0 Å². The van der Waals surface area contributed by atoms with Crippen molar-refractivity contribution in [3.8, 4) is 11.5 Å². The number of hydrogen-bond donors (Lipinski definition) is 0. The van der Waals surface area contributed by atoms with E-state index in [-0.39, 0.29) is 0 Å². The first kappa shape index (κ1) is 16.2. The summed E-state index contributed by atoms with van der Waals surface area (Å²) < 4.78 is 18.4. The fourth-order valence-corrected chi connectivity index (χ4v) is 3.73. The Kier molecular flexibility index (Phi) is 3.98. The molecule has 4 nitrogen and oxygen atoms in total. The summed E-state index contributed by atoms with van der Waals surface area (Å²) in [5.74, 6) is 0.570. The summed E-state index contributed by atoms with van der Waals surface area (Å²) in [5.41, 5.74) is 3.08. The van der Waals surface area contributed by atoms with E-state index >= 15 is 0 Å². The molecule has 0 aromatic heterocycles.